The van der Waals surface area contributed by atoms with Crippen LogP contribution in [-0.4, -0.2) is 29.5 Å². The third-order valence-electron chi connectivity index (χ3n) is 5.01. The Hall–Kier alpha value is -3.67. The largest absolute Gasteiger partial charge is 0.588 e. The third-order valence-corrected chi connectivity index (χ3v) is 6.39. The van der Waals surface area contributed by atoms with Gasteiger partial charge in [0.15, 0.2) is 11.6 Å². The second-order valence-corrected chi connectivity index (χ2v) is 8.66. The molecule has 0 saturated heterocycles. The number of fused-ring (bicyclic) bond motifs is 1. The van der Waals surface area contributed by atoms with E-state index in [0.717, 1.165) is 17.7 Å². The van der Waals surface area contributed by atoms with E-state index in [1.54, 1.807) is 44.6 Å². The van der Waals surface area contributed by atoms with Crippen LogP contribution in [-0.2, 0) is 17.8 Å². The van der Waals surface area contributed by atoms with E-state index in [-0.39, 0.29) is 10.5 Å². The number of Topliss-reactive ketones (excluding diaryl/α,β-unsaturated/α-hetero) is 1. The Labute approximate surface area is 193 Å². The first kappa shape index (κ1) is 22.5. The molecule has 0 aliphatic carbocycles. The lowest BCUT2D eigenvalue weighted by atomic mass is 10.0. The molecule has 1 aliphatic rings. The van der Waals surface area contributed by atoms with Crippen LogP contribution < -0.4 is 9.04 Å². The molecule has 1 atom stereocenters. The number of methoxy groups -OCH3 is 1. The Morgan fingerprint density at radius 1 is 1.15 bits per heavy atom. The van der Waals surface area contributed by atoms with Crippen LogP contribution in [0, 0.1) is 23.5 Å². The highest BCUT2D eigenvalue weighted by atomic mass is 32.2. The lowest BCUT2D eigenvalue weighted by Crippen LogP contribution is -2.36. The summed E-state index contributed by atoms with van der Waals surface area (Å²) in [4.78, 5) is 17.2. The van der Waals surface area contributed by atoms with E-state index in [1.165, 1.54) is 16.4 Å². The van der Waals surface area contributed by atoms with Crippen LogP contribution in [0.4, 0.5) is 14.5 Å². The van der Waals surface area contributed by atoms with Gasteiger partial charge >= 0.3 is 0 Å². The summed E-state index contributed by atoms with van der Waals surface area (Å²) >= 11 is -1.79. The van der Waals surface area contributed by atoms with Gasteiger partial charge in [0, 0.05) is 30.3 Å². The number of ketones is 1. The second kappa shape index (κ2) is 9.45. The van der Waals surface area contributed by atoms with Crippen molar-refractivity contribution in [3.05, 3.63) is 93.5 Å². The number of hydrogen-bond donors (Lipinski definition) is 0. The van der Waals surface area contributed by atoms with Gasteiger partial charge in [-0.05, 0) is 41.5 Å². The van der Waals surface area contributed by atoms with Crippen molar-refractivity contribution in [3.63, 3.8) is 0 Å². The topological polar surface area (TPSA) is 65.5 Å². The molecule has 8 heteroatoms. The van der Waals surface area contributed by atoms with Crippen LogP contribution in [0.1, 0.15) is 27.0 Å². The van der Waals surface area contributed by atoms with Gasteiger partial charge in [-0.15, -0.1) is 0 Å². The van der Waals surface area contributed by atoms with Crippen LogP contribution in [0.3, 0.4) is 0 Å². The first-order chi connectivity index (χ1) is 15.9. The number of aromatic nitrogens is 1. The minimum absolute atomic E-state index is 0.0228. The summed E-state index contributed by atoms with van der Waals surface area (Å²) in [6.07, 6.45) is 3.46. The highest BCUT2D eigenvalue weighted by Gasteiger charge is 2.38. The van der Waals surface area contributed by atoms with Crippen molar-refractivity contribution in [3.8, 4) is 17.7 Å². The molecule has 0 radical (unpaired) electrons. The molecule has 166 valence electrons. The van der Waals surface area contributed by atoms with Gasteiger partial charge in [-0.3, -0.25) is 4.79 Å². The van der Waals surface area contributed by atoms with Gasteiger partial charge in [0.05, 0.1) is 25.4 Å². The van der Waals surface area contributed by atoms with Crippen molar-refractivity contribution in [1.29, 1.82) is 0 Å². The van der Waals surface area contributed by atoms with E-state index in [0.29, 0.717) is 29.1 Å². The Kier molecular flexibility index (Phi) is 6.45. The first-order valence-corrected chi connectivity index (χ1v) is 11.0. The molecule has 2 aromatic carbocycles. The van der Waals surface area contributed by atoms with Crippen LogP contribution in [0.5, 0.6) is 5.88 Å². The standard InChI is InChI=1S/C25H18F2N2O3S/c1-29-22-10-7-16(4-3-5-17-8-11-24(32-2)28-15-17)12-19(22)25(30)23(33(29)31)14-18-6-9-20(26)21(27)13-18/h6-15H,5H2,1-2H3/b23-14+. The van der Waals surface area contributed by atoms with Gasteiger partial charge in [0.2, 0.25) is 16.6 Å². The zero-order valence-electron chi connectivity index (χ0n) is 17.8. The lowest BCUT2D eigenvalue weighted by Gasteiger charge is -2.29. The second-order valence-electron chi connectivity index (χ2n) is 7.18. The van der Waals surface area contributed by atoms with Gasteiger partial charge < -0.3 is 9.29 Å². The number of nitrogens with zero attached hydrogens (tertiary/aromatic N) is 2. The number of allylic oxidation sites excluding steroid dienone is 1. The number of halogens is 2. The molecule has 0 N–H and O–H groups in total. The summed E-state index contributed by atoms with van der Waals surface area (Å²) in [7, 11) is 3.15. The third kappa shape index (κ3) is 4.75. The van der Waals surface area contributed by atoms with Crippen molar-refractivity contribution in [2.24, 2.45) is 0 Å². The van der Waals surface area contributed by atoms with Crippen LogP contribution in [0.15, 0.2) is 59.6 Å². The number of carbonyl (C=O) groups is 1. The smallest absolute Gasteiger partial charge is 0.245 e. The van der Waals surface area contributed by atoms with Crippen LogP contribution in [0.2, 0.25) is 0 Å². The highest BCUT2D eigenvalue weighted by molar-refractivity contribution is 7.97. The van der Waals surface area contributed by atoms with Gasteiger partial charge in [0.25, 0.3) is 0 Å². The maximum atomic E-state index is 13.6. The van der Waals surface area contributed by atoms with E-state index in [9.17, 15) is 18.1 Å². The maximum absolute atomic E-state index is 13.6. The number of rotatable bonds is 3. The normalized spacial score (nSPS) is 16.3. The maximum Gasteiger partial charge on any atom is 0.245 e. The molecule has 5 nitrogen and oxygen atoms in total. The predicted octanol–water partition coefficient (Wildman–Crippen LogP) is 4.30. The van der Waals surface area contributed by atoms with Crippen molar-refractivity contribution in [2.45, 2.75) is 6.42 Å². The van der Waals surface area contributed by atoms with E-state index in [2.05, 4.69) is 16.8 Å². The minimum Gasteiger partial charge on any atom is -0.588 e. The zero-order valence-corrected chi connectivity index (χ0v) is 18.6. The van der Waals surface area contributed by atoms with Gasteiger partial charge in [0.1, 0.15) is 11.4 Å². The summed E-state index contributed by atoms with van der Waals surface area (Å²) in [6, 6.07) is 12.0. The Bertz CT molecular complexity index is 1310. The molecule has 3 aromatic rings. The number of carbonyl (C=O) groups excluding carboxylic acids is 1. The molecule has 0 amide bonds. The SMILES string of the molecule is COc1ccc(CC#Cc2ccc3c(c2)C(=O)/C(=C\c2ccc(F)c(F)c2)[S+]([O-])N3C)cn1. The minimum atomic E-state index is -1.79. The monoisotopic (exact) mass is 464 g/mol. The van der Waals surface area contributed by atoms with E-state index in [4.69, 9.17) is 4.74 Å². The highest BCUT2D eigenvalue weighted by Crippen LogP contribution is 2.35. The molecule has 0 bridgehead atoms. The van der Waals surface area contributed by atoms with Crippen molar-refractivity contribution < 1.29 is 22.9 Å². The number of anilines is 1. The quantitative estimate of drug-likeness (QED) is 0.329. The van der Waals surface area contributed by atoms with Crippen LogP contribution in [0.25, 0.3) is 6.08 Å². The number of hydrogen-bond acceptors (Lipinski definition) is 5. The summed E-state index contributed by atoms with van der Waals surface area (Å²) in [5.41, 5.74) is 2.63. The number of benzene rings is 2. The number of pyridine rings is 1. The lowest BCUT2D eigenvalue weighted by molar-refractivity contribution is 0.104. The zero-order chi connectivity index (χ0) is 23.5. The molecule has 2 heterocycles. The summed E-state index contributed by atoms with van der Waals surface area (Å²) in [5.74, 6) is 4.11. The fourth-order valence-corrected chi connectivity index (χ4v) is 4.41. The van der Waals surface area contributed by atoms with Crippen molar-refractivity contribution >= 4 is 28.9 Å². The van der Waals surface area contributed by atoms with E-state index < -0.39 is 28.8 Å². The summed E-state index contributed by atoms with van der Waals surface area (Å²) in [5, 5.41) is 0. The summed E-state index contributed by atoms with van der Waals surface area (Å²) in [6.45, 7) is 0. The van der Waals surface area contributed by atoms with Crippen LogP contribution >= 0.6 is 0 Å². The van der Waals surface area contributed by atoms with Gasteiger partial charge in [-0.25, -0.2) is 13.8 Å². The Balaban J connectivity index is 1.62. The predicted molar refractivity (Wildman–Crippen MR) is 123 cm³/mol. The molecular formula is C25H18F2N2O3S. The van der Waals surface area contributed by atoms with Gasteiger partial charge in [-0.1, -0.05) is 24.0 Å². The number of ether oxygens (including phenoxy) is 1. The molecule has 4 rings (SSSR count). The molecule has 33 heavy (non-hydrogen) atoms. The average molecular weight is 464 g/mol. The Morgan fingerprint density at radius 2 is 1.97 bits per heavy atom. The molecule has 1 unspecified atom stereocenters. The summed E-state index contributed by atoms with van der Waals surface area (Å²) < 4.78 is 46.1. The molecule has 0 saturated carbocycles. The van der Waals surface area contributed by atoms with Crippen molar-refractivity contribution in [2.75, 3.05) is 18.5 Å². The first-order valence-electron chi connectivity index (χ1n) is 9.86. The molecule has 1 aliphatic heterocycles. The molecular weight excluding hydrogens is 446 g/mol. The molecule has 1 aromatic heterocycles. The van der Waals surface area contributed by atoms with Crippen molar-refractivity contribution in [1.82, 2.24) is 4.98 Å². The van der Waals surface area contributed by atoms with E-state index in [1.807, 2.05) is 6.07 Å². The van der Waals surface area contributed by atoms with Gasteiger partial charge in [-0.2, -0.15) is 4.31 Å². The Morgan fingerprint density at radius 3 is 2.67 bits per heavy atom. The fraction of sp³-hybridized carbons (Fsp3) is 0.120. The molecule has 0 fully saturated rings. The fourth-order valence-electron chi connectivity index (χ4n) is 3.27. The van der Waals surface area contributed by atoms with E-state index >= 15 is 0 Å². The average Bonchev–Trinajstić information content (AvgIpc) is 2.83. The molecule has 0 spiro atoms.